The summed E-state index contributed by atoms with van der Waals surface area (Å²) in [6, 6.07) is 85.2. The Hall–Kier alpha value is -8.72. The van der Waals surface area contributed by atoms with Gasteiger partial charge in [0, 0.05) is 23.8 Å². The Morgan fingerprint density at radius 1 is 0.159 bits per heavy atom. The minimum absolute atomic E-state index is 1.08. The number of rotatable bonds is 3. The van der Waals surface area contributed by atoms with Crippen molar-refractivity contribution in [3.63, 3.8) is 0 Å². The van der Waals surface area contributed by atoms with Crippen LogP contribution in [0.15, 0.2) is 255 Å². The highest BCUT2D eigenvalue weighted by Crippen LogP contribution is 2.23. The number of aromatic nitrogens is 2. The zero-order valence-electron chi connectivity index (χ0n) is 52.1. The Labute approximate surface area is 495 Å². The molecule has 0 atom stereocenters. The van der Waals surface area contributed by atoms with Crippen molar-refractivity contribution in [2.75, 3.05) is 0 Å². The summed E-state index contributed by atoms with van der Waals surface area (Å²) in [7, 11) is 0. The monoisotopic (exact) mass is 1080 g/mol. The number of hydrogen-bond donors (Lipinski definition) is 0. The van der Waals surface area contributed by atoms with Crippen LogP contribution in [0.1, 0.15) is 89.3 Å². The number of hydrogen-bond acceptors (Lipinski definition) is 2. The molecule has 0 saturated heterocycles. The van der Waals surface area contributed by atoms with Crippen LogP contribution in [0.5, 0.6) is 0 Å². The van der Waals surface area contributed by atoms with Crippen LogP contribution in [-0.2, 0) is 0 Å². The molecule has 0 aliphatic rings. The summed E-state index contributed by atoms with van der Waals surface area (Å²) >= 11 is 0. The number of aryl methyl sites for hydroxylation is 16. The van der Waals surface area contributed by atoms with Crippen LogP contribution in [-0.4, -0.2) is 9.97 Å². The molecule has 0 spiro atoms. The van der Waals surface area contributed by atoms with E-state index in [9.17, 15) is 0 Å². The predicted octanol–water partition coefficient (Wildman–Crippen LogP) is 22.2. The van der Waals surface area contributed by atoms with E-state index in [-0.39, 0.29) is 0 Å². The van der Waals surface area contributed by atoms with Crippen LogP contribution in [0, 0.1) is 111 Å². The fourth-order valence-electron chi connectivity index (χ4n) is 7.88. The Bertz CT molecular complexity index is 3130. The molecule has 0 aliphatic carbocycles. The molecule has 0 unspecified atom stereocenters. The molecule has 11 aromatic rings. The molecule has 0 radical (unpaired) electrons. The average molecular weight is 1080 g/mol. The van der Waals surface area contributed by atoms with Crippen LogP contribution in [0.2, 0.25) is 0 Å². The Morgan fingerprint density at radius 3 is 0.549 bits per heavy atom. The van der Waals surface area contributed by atoms with Crippen LogP contribution >= 0.6 is 0 Å². The van der Waals surface area contributed by atoms with Crippen molar-refractivity contribution < 1.29 is 0 Å². The van der Waals surface area contributed by atoms with Gasteiger partial charge in [-0.2, -0.15) is 0 Å². The second kappa shape index (κ2) is 35.8. The third-order valence-corrected chi connectivity index (χ3v) is 12.9. The number of pyridine rings is 2. The first-order valence-electron chi connectivity index (χ1n) is 28.5. The first-order valence-corrected chi connectivity index (χ1v) is 28.5. The fraction of sp³-hybridized carbons (Fsp3) is 0.200. The second-order valence-electron chi connectivity index (χ2n) is 21.6. The molecule has 0 fully saturated rings. The van der Waals surface area contributed by atoms with E-state index in [4.69, 9.17) is 0 Å². The molecule has 0 aliphatic heterocycles. The summed E-state index contributed by atoms with van der Waals surface area (Å²) in [6.07, 6.45) is 3.74. The van der Waals surface area contributed by atoms with E-state index in [1.165, 1.54) is 111 Å². The highest BCUT2D eigenvalue weighted by Gasteiger charge is 1.99. The van der Waals surface area contributed by atoms with Gasteiger partial charge >= 0.3 is 0 Å². The molecule has 420 valence electrons. The lowest BCUT2D eigenvalue weighted by Crippen LogP contribution is -1.80. The van der Waals surface area contributed by atoms with E-state index in [0.29, 0.717) is 0 Å². The van der Waals surface area contributed by atoms with Crippen LogP contribution in [0.3, 0.4) is 0 Å². The van der Waals surface area contributed by atoms with Gasteiger partial charge in [-0.1, -0.05) is 297 Å². The highest BCUT2D eigenvalue weighted by molar-refractivity contribution is 5.66. The first-order chi connectivity index (χ1) is 39.2. The van der Waals surface area contributed by atoms with E-state index in [1.807, 2.05) is 52.2 Å². The van der Waals surface area contributed by atoms with E-state index in [1.54, 1.807) is 0 Å². The van der Waals surface area contributed by atoms with Gasteiger partial charge in [-0.3, -0.25) is 9.97 Å². The fourth-order valence-corrected chi connectivity index (χ4v) is 7.88. The summed E-state index contributed by atoms with van der Waals surface area (Å²) in [6.45, 7) is 33.3. The summed E-state index contributed by atoms with van der Waals surface area (Å²) < 4.78 is 0. The summed E-state index contributed by atoms with van der Waals surface area (Å²) in [5, 5.41) is 0. The van der Waals surface area contributed by atoms with E-state index >= 15 is 0 Å². The van der Waals surface area contributed by atoms with Gasteiger partial charge in [0.1, 0.15) is 0 Å². The molecular formula is C80H90N2. The molecule has 82 heavy (non-hydrogen) atoms. The van der Waals surface area contributed by atoms with Gasteiger partial charge in [-0.15, -0.1) is 0 Å². The lowest BCUT2D eigenvalue weighted by Gasteiger charge is -2.03. The van der Waals surface area contributed by atoms with Crippen LogP contribution < -0.4 is 0 Å². The maximum Gasteiger partial charge on any atom is 0.0372 e. The average Bonchev–Trinajstić information content (AvgIpc) is 3.47. The van der Waals surface area contributed by atoms with Crippen molar-refractivity contribution in [3.8, 4) is 33.4 Å². The van der Waals surface area contributed by atoms with E-state index < -0.39 is 0 Å². The largest absolute Gasteiger partial charge is 0.261 e. The minimum Gasteiger partial charge on any atom is -0.261 e. The first kappa shape index (κ1) is 65.8. The molecular weight excluding hydrogens is 989 g/mol. The zero-order valence-corrected chi connectivity index (χ0v) is 52.1. The molecule has 0 bridgehead atoms. The third-order valence-electron chi connectivity index (χ3n) is 12.9. The van der Waals surface area contributed by atoms with Crippen molar-refractivity contribution in [1.82, 2.24) is 9.97 Å². The second-order valence-corrected chi connectivity index (χ2v) is 21.6. The van der Waals surface area contributed by atoms with Crippen LogP contribution in [0.25, 0.3) is 33.4 Å². The maximum atomic E-state index is 4.08. The van der Waals surface area contributed by atoms with Gasteiger partial charge in [0.05, 0.1) is 0 Å². The lowest BCUT2D eigenvalue weighted by atomic mass is 10.0. The Morgan fingerprint density at radius 2 is 0.354 bits per heavy atom. The normalized spacial score (nSPS) is 9.71. The van der Waals surface area contributed by atoms with E-state index in [0.717, 1.165) is 11.4 Å². The molecule has 2 heteroatoms. The summed E-state index contributed by atoms with van der Waals surface area (Å²) in [5.41, 5.74) is 28.2. The van der Waals surface area contributed by atoms with Crippen molar-refractivity contribution in [1.29, 1.82) is 0 Å². The Balaban J connectivity index is 0.000000204. The summed E-state index contributed by atoms with van der Waals surface area (Å²) in [4.78, 5) is 8.16. The lowest BCUT2D eigenvalue weighted by molar-refractivity contribution is 1.17. The smallest absolute Gasteiger partial charge is 0.0372 e. The van der Waals surface area contributed by atoms with Crippen molar-refractivity contribution in [2.45, 2.75) is 111 Å². The molecule has 2 aromatic heterocycles. The van der Waals surface area contributed by atoms with Crippen molar-refractivity contribution in [3.05, 3.63) is 344 Å². The van der Waals surface area contributed by atoms with Gasteiger partial charge in [-0.25, -0.2) is 0 Å². The van der Waals surface area contributed by atoms with Crippen LogP contribution in [0.4, 0.5) is 0 Å². The van der Waals surface area contributed by atoms with Crippen molar-refractivity contribution in [2.24, 2.45) is 0 Å². The SMILES string of the molecule is Cc1ccc(-c2ccc(C)cc2)cc1.Cc1ccc(-c2cccc(C)c2)cc1.Cc1ccc(C)cc1.Cc1ccc(C)cc1.Cc1ccc(C)nc1.Cc1ccc(C)nc1.Cc1cccc(-c2cccc(C)c2)c1.Cc1cccc(C)c1. The Kier molecular flexibility index (Phi) is 28.7. The van der Waals surface area contributed by atoms with Gasteiger partial charge in [0.2, 0.25) is 0 Å². The molecule has 2 heterocycles. The number of benzene rings is 9. The maximum absolute atomic E-state index is 4.08. The van der Waals surface area contributed by atoms with E-state index in [2.05, 4.69) is 324 Å². The topological polar surface area (TPSA) is 25.8 Å². The third kappa shape index (κ3) is 27.4. The highest BCUT2D eigenvalue weighted by atomic mass is 14.7. The molecule has 9 aromatic carbocycles. The summed E-state index contributed by atoms with van der Waals surface area (Å²) in [5.74, 6) is 0. The van der Waals surface area contributed by atoms with Gasteiger partial charge in [0.25, 0.3) is 0 Å². The molecule has 2 nitrogen and oxygen atoms in total. The standard InChI is InChI=1S/3C14H14.3C8H10.2C7H9N/c1-11-3-7-13(8-4-11)14-9-5-12(2)6-10-14;1-11-5-3-7-13(9-11)14-8-4-6-12(2)10-14;1-11-6-8-13(9-7-11)14-5-3-4-12(2)10-14;2*1-7-3-5-8(2)6-4-7;1-7-4-3-5-8(2)6-7;2*1-6-3-4-7(2)8-5-6/h3*3-10H,1-2H3;3*3-6H,1-2H3;2*3-5H,1-2H3. The molecule has 11 rings (SSSR count). The van der Waals surface area contributed by atoms with Gasteiger partial charge < -0.3 is 0 Å². The van der Waals surface area contributed by atoms with Gasteiger partial charge in [-0.05, 0) is 167 Å². The van der Waals surface area contributed by atoms with Gasteiger partial charge in [0.15, 0.2) is 0 Å². The molecule has 0 N–H and O–H groups in total. The molecule has 0 amide bonds. The van der Waals surface area contributed by atoms with Crippen molar-refractivity contribution >= 4 is 0 Å². The number of nitrogens with zero attached hydrogens (tertiary/aromatic N) is 2. The molecule has 0 saturated carbocycles. The predicted molar refractivity (Wildman–Crippen MR) is 359 cm³/mol. The minimum atomic E-state index is 1.08. The quantitative estimate of drug-likeness (QED) is 0.176. The zero-order chi connectivity index (χ0) is 59.8.